The highest BCUT2D eigenvalue weighted by Gasteiger charge is 2.26. The van der Waals surface area contributed by atoms with E-state index in [2.05, 4.69) is 16.5 Å². The molecule has 1 aromatic rings. The summed E-state index contributed by atoms with van der Waals surface area (Å²) < 4.78 is 0. The van der Waals surface area contributed by atoms with Crippen LogP contribution in [0.5, 0.6) is 0 Å². The summed E-state index contributed by atoms with van der Waals surface area (Å²) in [5.74, 6) is -0.118. The molecule has 0 aliphatic carbocycles. The number of amides is 1. The van der Waals surface area contributed by atoms with E-state index < -0.39 is 0 Å². The molecule has 0 radical (unpaired) electrons. The van der Waals surface area contributed by atoms with E-state index in [1.165, 1.54) is 4.90 Å². The second-order valence-electron chi connectivity index (χ2n) is 3.41. The molecule has 4 nitrogen and oxygen atoms in total. The lowest BCUT2D eigenvalue weighted by Gasteiger charge is -2.25. The predicted octanol–water partition coefficient (Wildman–Crippen LogP) is 0.927. The number of allylic oxidation sites excluding steroid dienone is 1. The van der Waals surface area contributed by atoms with Gasteiger partial charge in [0.1, 0.15) is 0 Å². The molecule has 0 fully saturated rings. The van der Waals surface area contributed by atoms with Crippen LogP contribution in [0.4, 0.5) is 0 Å². The first kappa shape index (κ1) is 8.87. The molecule has 4 heteroatoms. The molecule has 1 aliphatic heterocycles. The topological polar surface area (TPSA) is 46.1 Å². The molecule has 0 aromatic carbocycles. The summed E-state index contributed by atoms with van der Waals surface area (Å²) in [6.07, 6.45) is 2.27. The van der Waals surface area contributed by atoms with Gasteiger partial charge in [-0.15, -0.1) is 0 Å². The Morgan fingerprint density at radius 1 is 1.57 bits per heavy atom. The van der Waals surface area contributed by atoms with Gasteiger partial charge in [-0.2, -0.15) is 0 Å². The third-order valence-electron chi connectivity index (χ3n) is 2.32. The van der Waals surface area contributed by atoms with E-state index in [1.54, 1.807) is 13.2 Å². The van der Waals surface area contributed by atoms with Crippen LogP contribution in [0.1, 0.15) is 21.9 Å². The first-order chi connectivity index (χ1) is 6.59. The van der Waals surface area contributed by atoms with Crippen molar-refractivity contribution in [3.8, 4) is 0 Å². The van der Waals surface area contributed by atoms with E-state index in [-0.39, 0.29) is 5.91 Å². The number of aryl methyl sites for hydroxylation is 1. The molecule has 72 valence electrons. The van der Waals surface area contributed by atoms with Crippen molar-refractivity contribution in [2.24, 2.45) is 0 Å². The van der Waals surface area contributed by atoms with Crippen molar-refractivity contribution in [1.82, 2.24) is 14.9 Å². The average Bonchev–Trinajstić information content (AvgIpc) is 2.16. The Morgan fingerprint density at radius 2 is 2.29 bits per heavy atom. The number of likely N-dealkylation sites (N-methyl/N-ethyl adjacent to an activating group) is 1. The van der Waals surface area contributed by atoms with Crippen LogP contribution in [0.25, 0.3) is 0 Å². The normalized spacial score (nSPS) is 15.7. The second kappa shape index (κ2) is 2.90. The van der Waals surface area contributed by atoms with Crippen LogP contribution in [-0.4, -0.2) is 27.8 Å². The average molecular weight is 189 g/mol. The van der Waals surface area contributed by atoms with Gasteiger partial charge in [0.05, 0.1) is 11.4 Å². The van der Waals surface area contributed by atoms with Gasteiger partial charge in [0.25, 0.3) is 5.91 Å². The molecular weight excluding hydrogens is 178 g/mol. The monoisotopic (exact) mass is 189 g/mol. The van der Waals surface area contributed by atoms with Gasteiger partial charge in [-0.25, -0.2) is 4.98 Å². The molecule has 0 atom stereocenters. The smallest absolute Gasteiger partial charge is 0.278 e. The summed E-state index contributed by atoms with van der Waals surface area (Å²) in [6.45, 7) is 5.63. The fourth-order valence-corrected chi connectivity index (χ4v) is 1.42. The van der Waals surface area contributed by atoms with Gasteiger partial charge in [-0.05, 0) is 6.92 Å². The van der Waals surface area contributed by atoms with Crippen molar-refractivity contribution < 1.29 is 4.79 Å². The van der Waals surface area contributed by atoms with Gasteiger partial charge < -0.3 is 4.90 Å². The van der Waals surface area contributed by atoms with Crippen LogP contribution < -0.4 is 0 Å². The fraction of sp³-hybridized carbons (Fsp3) is 0.300. The lowest BCUT2D eigenvalue weighted by atomic mass is 10.1. The summed E-state index contributed by atoms with van der Waals surface area (Å²) in [7, 11) is 1.71. The Balaban J connectivity index is 2.57. The molecule has 0 saturated heterocycles. The largest absolute Gasteiger partial charge is 0.314 e. The molecular formula is C10H11N3O. The highest BCUT2D eigenvalue weighted by atomic mass is 16.2. The molecule has 0 N–H and O–H groups in total. The summed E-state index contributed by atoms with van der Waals surface area (Å²) in [5.41, 5.74) is 2.71. The predicted molar refractivity (Wildman–Crippen MR) is 51.7 cm³/mol. The van der Waals surface area contributed by atoms with Crippen molar-refractivity contribution in [2.75, 3.05) is 7.05 Å². The minimum absolute atomic E-state index is 0.118. The van der Waals surface area contributed by atoms with Gasteiger partial charge in [0.2, 0.25) is 0 Å². The van der Waals surface area contributed by atoms with Crippen molar-refractivity contribution in [1.29, 1.82) is 0 Å². The van der Waals surface area contributed by atoms with Crippen molar-refractivity contribution in [3.05, 3.63) is 35.6 Å². The van der Waals surface area contributed by atoms with E-state index in [9.17, 15) is 4.79 Å². The van der Waals surface area contributed by atoms with Crippen molar-refractivity contribution in [2.45, 2.75) is 13.3 Å². The third-order valence-corrected chi connectivity index (χ3v) is 2.32. The van der Waals surface area contributed by atoms with E-state index in [0.29, 0.717) is 12.1 Å². The summed E-state index contributed by atoms with van der Waals surface area (Å²) in [6, 6.07) is 0. The zero-order valence-corrected chi connectivity index (χ0v) is 8.24. The number of aromatic nitrogens is 2. The van der Waals surface area contributed by atoms with Crippen molar-refractivity contribution >= 4 is 5.91 Å². The number of carbonyl (C=O) groups excluding carboxylic acids is 1. The minimum atomic E-state index is -0.118. The Labute approximate surface area is 82.3 Å². The number of fused-ring (bicyclic) bond motifs is 1. The number of hydrogen-bond donors (Lipinski definition) is 0. The lowest BCUT2D eigenvalue weighted by Crippen LogP contribution is -2.33. The van der Waals surface area contributed by atoms with Gasteiger partial charge in [0.15, 0.2) is 5.69 Å². The summed E-state index contributed by atoms with van der Waals surface area (Å²) in [5, 5.41) is 0. The Bertz CT molecular complexity index is 425. The van der Waals surface area contributed by atoms with Crippen LogP contribution in [0.2, 0.25) is 0 Å². The molecule has 0 bridgehead atoms. The fourth-order valence-electron chi connectivity index (χ4n) is 1.42. The van der Waals surface area contributed by atoms with Gasteiger partial charge >= 0.3 is 0 Å². The van der Waals surface area contributed by atoms with E-state index in [1.807, 2.05) is 6.92 Å². The van der Waals surface area contributed by atoms with E-state index in [0.717, 1.165) is 17.1 Å². The zero-order chi connectivity index (χ0) is 10.3. The van der Waals surface area contributed by atoms with Gasteiger partial charge in [0, 0.05) is 25.4 Å². The van der Waals surface area contributed by atoms with Crippen molar-refractivity contribution in [3.63, 3.8) is 0 Å². The molecule has 0 saturated carbocycles. The van der Waals surface area contributed by atoms with Crippen LogP contribution in [-0.2, 0) is 6.42 Å². The molecule has 2 heterocycles. The highest BCUT2D eigenvalue weighted by Crippen LogP contribution is 2.19. The quantitative estimate of drug-likeness (QED) is 0.609. The van der Waals surface area contributed by atoms with Gasteiger partial charge in [-0.3, -0.25) is 9.78 Å². The summed E-state index contributed by atoms with van der Waals surface area (Å²) >= 11 is 0. The summed E-state index contributed by atoms with van der Waals surface area (Å²) in [4.78, 5) is 21.6. The van der Waals surface area contributed by atoms with Crippen LogP contribution in [0.3, 0.4) is 0 Å². The SMILES string of the molecule is C=C1Cc2ncc(C)nc2C(=O)N1C. The molecule has 2 rings (SSSR count). The van der Waals surface area contributed by atoms with E-state index >= 15 is 0 Å². The third kappa shape index (κ3) is 1.19. The first-order valence-electron chi connectivity index (χ1n) is 4.38. The standard InChI is InChI=1S/C10H11N3O/c1-6-5-11-8-4-7(2)13(3)10(14)9(8)12-6/h5H,2,4H2,1,3H3. The maximum atomic E-state index is 11.7. The van der Waals surface area contributed by atoms with Crippen LogP contribution in [0.15, 0.2) is 18.5 Å². The maximum absolute atomic E-state index is 11.7. The van der Waals surface area contributed by atoms with E-state index in [4.69, 9.17) is 0 Å². The Hall–Kier alpha value is -1.71. The molecule has 0 unspecified atom stereocenters. The van der Waals surface area contributed by atoms with Crippen LogP contribution in [0, 0.1) is 6.92 Å². The zero-order valence-electron chi connectivity index (χ0n) is 8.24. The number of rotatable bonds is 0. The maximum Gasteiger partial charge on any atom is 0.278 e. The van der Waals surface area contributed by atoms with Gasteiger partial charge in [-0.1, -0.05) is 6.58 Å². The molecule has 14 heavy (non-hydrogen) atoms. The number of nitrogens with zero attached hydrogens (tertiary/aromatic N) is 3. The Kier molecular flexibility index (Phi) is 1.84. The highest BCUT2D eigenvalue weighted by molar-refractivity contribution is 5.95. The molecule has 1 amide bonds. The number of hydrogen-bond acceptors (Lipinski definition) is 3. The second-order valence-corrected chi connectivity index (χ2v) is 3.41. The number of carbonyl (C=O) groups is 1. The first-order valence-corrected chi connectivity index (χ1v) is 4.38. The molecule has 1 aliphatic rings. The Morgan fingerprint density at radius 3 is 3.00 bits per heavy atom. The minimum Gasteiger partial charge on any atom is -0.314 e. The molecule has 0 spiro atoms. The molecule has 1 aromatic heterocycles. The van der Waals surface area contributed by atoms with Crippen LogP contribution >= 0.6 is 0 Å². The lowest BCUT2D eigenvalue weighted by molar-refractivity contribution is 0.0815.